The van der Waals surface area contributed by atoms with Gasteiger partial charge < -0.3 is 47.4 Å². The summed E-state index contributed by atoms with van der Waals surface area (Å²) < 4.78 is 55.9. The highest BCUT2D eigenvalue weighted by molar-refractivity contribution is 7.99. The summed E-state index contributed by atoms with van der Waals surface area (Å²) in [6.45, 7) is 8.55. The molecule has 0 aliphatic carbocycles. The van der Waals surface area contributed by atoms with E-state index in [4.69, 9.17) is 47.4 Å². The molecule has 0 spiro atoms. The van der Waals surface area contributed by atoms with E-state index < -0.39 is 107 Å². The molecule has 2 aliphatic rings. The molecule has 22 heteroatoms. The van der Waals surface area contributed by atoms with Crippen LogP contribution in [-0.2, 0) is 97.2 Å². The predicted octanol–water partition coefficient (Wildman–Crippen LogP) is 2.78. The summed E-state index contributed by atoms with van der Waals surface area (Å²) in [7, 11) is 0. The van der Waals surface area contributed by atoms with Crippen LogP contribution < -0.4 is 0 Å². The zero-order valence-electron chi connectivity index (χ0n) is 35.1. The van der Waals surface area contributed by atoms with Gasteiger partial charge in [-0.2, -0.15) is 0 Å². The van der Waals surface area contributed by atoms with Crippen LogP contribution >= 0.6 is 23.5 Å². The van der Waals surface area contributed by atoms with Crippen molar-refractivity contribution in [3.8, 4) is 11.4 Å². The van der Waals surface area contributed by atoms with E-state index in [1.54, 1.807) is 36.7 Å². The first-order valence-electron chi connectivity index (χ1n) is 19.1. The average molecular weight is 909 g/mol. The normalized spacial score (nSPS) is 25.5. The minimum Gasteiger partial charge on any atom is -0.463 e. The zero-order chi connectivity index (χ0) is 45.7. The molecule has 0 N–H and O–H groups in total. The molecule has 2 saturated heterocycles. The van der Waals surface area contributed by atoms with Gasteiger partial charge in [0.15, 0.2) is 36.6 Å². The van der Waals surface area contributed by atoms with Gasteiger partial charge in [-0.1, -0.05) is 0 Å². The number of carbonyl (C=O) groups is 8. The van der Waals surface area contributed by atoms with Crippen molar-refractivity contribution in [1.29, 1.82) is 0 Å². The number of rotatable bonds is 17. The van der Waals surface area contributed by atoms with Crippen molar-refractivity contribution in [2.24, 2.45) is 0 Å². The zero-order valence-corrected chi connectivity index (χ0v) is 36.8. The topological polar surface area (TPSA) is 255 Å². The van der Waals surface area contributed by atoms with Gasteiger partial charge in [-0.15, -0.1) is 23.5 Å². The summed E-state index contributed by atoms with van der Waals surface area (Å²) >= 11 is 2.36. The lowest BCUT2D eigenvalue weighted by molar-refractivity contribution is -0.237. The number of esters is 8. The first-order chi connectivity index (χ1) is 29.3. The number of hydrogen-bond acceptors (Lipinski definition) is 22. The molecule has 0 unspecified atom stereocenters. The molecule has 0 saturated carbocycles. The largest absolute Gasteiger partial charge is 0.463 e. The number of thioether (sulfide) groups is 2. The summed E-state index contributed by atoms with van der Waals surface area (Å²) in [4.78, 5) is 106. The van der Waals surface area contributed by atoms with E-state index in [0.717, 1.165) is 52.7 Å². The molecular formula is C40H48N2O18S2. The maximum atomic E-state index is 12.3. The number of aromatic nitrogens is 2. The van der Waals surface area contributed by atoms with Gasteiger partial charge in [-0.3, -0.25) is 48.3 Å². The molecule has 2 aromatic rings. The molecule has 338 valence electrons. The van der Waals surface area contributed by atoms with E-state index in [2.05, 4.69) is 9.97 Å². The number of carbonyl (C=O) groups excluding carboxylic acids is 8. The fraction of sp³-hybridized carbons (Fsp3) is 0.550. The molecule has 0 bridgehead atoms. The standard InChI is InChI=1S/C40H48N2O18S2/c1-19(43)51-15-31-33(53-21(3)45)35(55-23(5)47)37(57-25(7)49)39(59-31)61-17-27-9-11-41-29(13-27)30-14-28(10-12-42-30)18-62-40-38(58-26(8)50)36(56-24(6)48)34(54-22(4)46)32(60-40)16-52-20(2)44/h9-14,31-40H,15-18H2,1-8H3/t31-,32-,33-,34-,35+,36+,37-,38-,39+,40+/m1/s1. The third kappa shape index (κ3) is 14.9. The fourth-order valence-electron chi connectivity index (χ4n) is 6.41. The minimum atomic E-state index is -1.31. The van der Waals surface area contributed by atoms with Crippen molar-refractivity contribution in [3.63, 3.8) is 0 Å². The van der Waals surface area contributed by atoms with E-state index >= 15 is 0 Å². The Bertz CT molecular complexity index is 1830. The van der Waals surface area contributed by atoms with E-state index in [1.807, 2.05) is 0 Å². The lowest BCUT2D eigenvalue weighted by Crippen LogP contribution is -2.61. The molecule has 10 atom stereocenters. The predicted molar refractivity (Wildman–Crippen MR) is 214 cm³/mol. The smallest absolute Gasteiger partial charge is 0.303 e. The van der Waals surface area contributed by atoms with Crippen LogP contribution in [0.3, 0.4) is 0 Å². The van der Waals surface area contributed by atoms with Gasteiger partial charge in [0.2, 0.25) is 0 Å². The van der Waals surface area contributed by atoms with Crippen molar-refractivity contribution in [1.82, 2.24) is 9.97 Å². The van der Waals surface area contributed by atoms with Crippen LogP contribution in [0.1, 0.15) is 66.5 Å². The van der Waals surface area contributed by atoms with Crippen molar-refractivity contribution >= 4 is 71.3 Å². The van der Waals surface area contributed by atoms with Crippen LogP contribution in [0, 0.1) is 0 Å². The van der Waals surface area contributed by atoms with Gasteiger partial charge in [-0.25, -0.2) is 0 Å². The molecule has 0 aromatic carbocycles. The van der Waals surface area contributed by atoms with Gasteiger partial charge >= 0.3 is 47.8 Å². The second-order valence-electron chi connectivity index (χ2n) is 13.9. The maximum absolute atomic E-state index is 12.3. The van der Waals surface area contributed by atoms with Crippen LogP contribution in [0.5, 0.6) is 0 Å². The average Bonchev–Trinajstić information content (AvgIpc) is 3.17. The summed E-state index contributed by atoms with van der Waals surface area (Å²) in [5, 5.41) is 0. The van der Waals surface area contributed by atoms with Crippen LogP contribution in [-0.4, -0.2) is 131 Å². The fourth-order valence-corrected chi connectivity index (χ4v) is 8.73. The molecule has 2 aromatic heterocycles. The second-order valence-corrected chi connectivity index (χ2v) is 16.0. The minimum absolute atomic E-state index is 0.238. The molecule has 0 amide bonds. The van der Waals surface area contributed by atoms with Crippen molar-refractivity contribution in [2.75, 3.05) is 13.2 Å². The molecule has 62 heavy (non-hydrogen) atoms. The number of ether oxygens (including phenoxy) is 10. The molecule has 0 radical (unpaired) electrons. The SMILES string of the molecule is CC(=O)OC[C@H]1O[C@@H](SCc2ccnc(-c3cc(CS[C@@H]4O[C@H](COC(C)=O)[C@@H](OC(C)=O)[C@H](OC(C)=O)[C@H]4OC(C)=O)ccn3)c2)[C@H](OC(C)=O)[C@@H](OC(C)=O)[C@@H]1OC(C)=O. The molecule has 2 fully saturated rings. The van der Waals surface area contributed by atoms with E-state index in [1.165, 1.54) is 37.4 Å². The molecule has 4 heterocycles. The highest BCUT2D eigenvalue weighted by Crippen LogP contribution is 2.38. The van der Waals surface area contributed by atoms with Crippen LogP contribution in [0.2, 0.25) is 0 Å². The van der Waals surface area contributed by atoms with Gasteiger partial charge in [0.25, 0.3) is 0 Å². The lowest BCUT2D eigenvalue weighted by Gasteiger charge is -2.44. The maximum Gasteiger partial charge on any atom is 0.303 e. The quantitative estimate of drug-likeness (QED) is 0.163. The van der Waals surface area contributed by atoms with Gasteiger partial charge in [0.05, 0.1) is 11.4 Å². The Kier molecular flexibility index (Phi) is 18.5. The number of nitrogens with zero attached hydrogens (tertiary/aromatic N) is 2. The monoisotopic (exact) mass is 908 g/mol. The van der Waals surface area contributed by atoms with Crippen LogP contribution in [0.15, 0.2) is 36.7 Å². The summed E-state index contributed by atoms with van der Waals surface area (Å²) in [5.41, 5.74) is 0.412. The third-order valence-corrected chi connectivity index (χ3v) is 11.1. The summed E-state index contributed by atoms with van der Waals surface area (Å²) in [5.74, 6) is -5.19. The Labute approximate surface area is 365 Å². The van der Waals surface area contributed by atoms with Crippen molar-refractivity contribution in [3.05, 3.63) is 47.8 Å². The van der Waals surface area contributed by atoms with Crippen LogP contribution in [0.4, 0.5) is 0 Å². The Balaban J connectivity index is 1.57. The van der Waals surface area contributed by atoms with E-state index in [-0.39, 0.29) is 24.7 Å². The molecule has 20 nitrogen and oxygen atoms in total. The number of hydrogen-bond donors (Lipinski definition) is 0. The van der Waals surface area contributed by atoms with Gasteiger partial charge in [0, 0.05) is 79.3 Å². The highest BCUT2D eigenvalue weighted by Gasteiger charge is 2.53. The summed E-state index contributed by atoms with van der Waals surface area (Å²) in [6, 6.07) is 7.03. The Morgan fingerprint density at radius 3 is 1.08 bits per heavy atom. The van der Waals surface area contributed by atoms with Crippen molar-refractivity contribution in [2.45, 2.75) is 127 Å². The molecular weight excluding hydrogens is 861 g/mol. The van der Waals surface area contributed by atoms with Gasteiger partial charge in [-0.05, 0) is 35.4 Å². The first-order valence-corrected chi connectivity index (χ1v) is 21.1. The Morgan fingerprint density at radius 2 is 0.774 bits per heavy atom. The van der Waals surface area contributed by atoms with E-state index in [9.17, 15) is 38.4 Å². The first kappa shape index (κ1) is 49.3. The van der Waals surface area contributed by atoms with Gasteiger partial charge in [0.1, 0.15) is 36.3 Å². The Morgan fingerprint density at radius 1 is 0.468 bits per heavy atom. The van der Waals surface area contributed by atoms with Crippen molar-refractivity contribution < 1.29 is 85.7 Å². The number of pyridine rings is 2. The molecule has 2 aliphatic heterocycles. The van der Waals surface area contributed by atoms with E-state index in [0.29, 0.717) is 11.4 Å². The Hall–Kier alpha value is -5.32. The van der Waals surface area contributed by atoms with Crippen LogP contribution in [0.25, 0.3) is 11.4 Å². The lowest BCUT2D eigenvalue weighted by atomic mass is 9.99. The summed E-state index contributed by atoms with van der Waals surface area (Å²) in [6.07, 6.45) is -6.72. The molecule has 4 rings (SSSR count). The third-order valence-electron chi connectivity index (χ3n) is 8.64. The highest BCUT2D eigenvalue weighted by atomic mass is 32.2. The second kappa shape index (κ2) is 23.2.